The van der Waals surface area contributed by atoms with Gasteiger partial charge in [-0.25, -0.2) is 0 Å². The van der Waals surface area contributed by atoms with Crippen molar-refractivity contribution in [1.29, 1.82) is 0 Å². The third-order valence-electron chi connectivity index (χ3n) is 2.31. The zero-order valence-electron chi connectivity index (χ0n) is 10.3. The molecule has 2 N–H and O–H groups in total. The molecule has 1 aromatic heterocycles. The number of thiophene rings is 1. The van der Waals surface area contributed by atoms with Crippen LogP contribution in [0.2, 0.25) is 0 Å². The number of hydrogen-bond donors (Lipinski definition) is 0. The van der Waals surface area contributed by atoms with E-state index in [2.05, 4.69) is 23.4 Å². The molecule has 2 atom stereocenters. The maximum Gasteiger partial charge on any atom is 0.132 e. The Morgan fingerprint density at radius 3 is 2.82 bits per heavy atom. The summed E-state index contributed by atoms with van der Waals surface area (Å²) in [6.07, 6.45) is 1.47. The monoisotopic (exact) mass is 276 g/mol. The second-order valence-corrected chi connectivity index (χ2v) is 6.72. The molecule has 0 aromatic carbocycles. The maximum atomic E-state index is 11.0. The van der Waals surface area contributed by atoms with Crippen LogP contribution in [0, 0.1) is 0 Å². The minimum Gasteiger partial charge on any atom is -0.412 e. The van der Waals surface area contributed by atoms with Crippen molar-refractivity contribution in [3.63, 3.8) is 0 Å². The molecule has 98 valence electrons. The lowest BCUT2D eigenvalue weighted by molar-refractivity contribution is -0.119. The van der Waals surface area contributed by atoms with E-state index in [1.165, 1.54) is 4.21 Å². The fourth-order valence-corrected chi connectivity index (χ4v) is 3.85. The standard InChI is InChI=1S/C12H18O2S2.H2O/c1-10(13)9-11(14-2)6-8-16(3)12-5-4-7-15-12;/h4-5,7,11H,3,6,8-9H2,1-2H3;1H2. The summed E-state index contributed by atoms with van der Waals surface area (Å²) in [5.41, 5.74) is 0. The van der Waals surface area contributed by atoms with E-state index in [9.17, 15) is 4.79 Å². The largest absolute Gasteiger partial charge is 0.412 e. The van der Waals surface area contributed by atoms with Crippen molar-refractivity contribution in [3.05, 3.63) is 17.5 Å². The molecule has 0 aliphatic heterocycles. The highest BCUT2D eigenvalue weighted by Crippen LogP contribution is 2.30. The highest BCUT2D eigenvalue weighted by Gasteiger charge is 2.10. The SMILES string of the molecule is C=S(CCC(CC(C)=O)OC)c1cccs1.O. The molecule has 2 unspecified atom stereocenters. The molecule has 1 aromatic rings. The average molecular weight is 276 g/mol. The third-order valence-corrected chi connectivity index (χ3v) is 5.41. The minimum atomic E-state index is 0. The Morgan fingerprint density at radius 1 is 1.65 bits per heavy atom. The molecule has 0 fully saturated rings. The Balaban J connectivity index is 0.00000256. The summed E-state index contributed by atoms with van der Waals surface area (Å²) >= 11 is 1.75. The van der Waals surface area contributed by atoms with Crippen LogP contribution in [0.15, 0.2) is 21.7 Å². The van der Waals surface area contributed by atoms with Crippen molar-refractivity contribution in [2.75, 3.05) is 12.9 Å². The van der Waals surface area contributed by atoms with Crippen LogP contribution in [-0.2, 0) is 9.53 Å². The van der Waals surface area contributed by atoms with Gasteiger partial charge < -0.3 is 10.2 Å². The van der Waals surface area contributed by atoms with Gasteiger partial charge in [0.2, 0.25) is 0 Å². The lowest BCUT2D eigenvalue weighted by Crippen LogP contribution is -2.15. The van der Waals surface area contributed by atoms with E-state index in [4.69, 9.17) is 4.74 Å². The fourth-order valence-electron chi connectivity index (χ4n) is 1.43. The average Bonchev–Trinajstić information content (AvgIpc) is 2.76. The van der Waals surface area contributed by atoms with Gasteiger partial charge in [0, 0.05) is 13.5 Å². The van der Waals surface area contributed by atoms with E-state index in [0.29, 0.717) is 6.42 Å². The van der Waals surface area contributed by atoms with E-state index in [1.54, 1.807) is 25.4 Å². The Kier molecular flexibility index (Phi) is 8.33. The van der Waals surface area contributed by atoms with Gasteiger partial charge >= 0.3 is 0 Å². The topological polar surface area (TPSA) is 57.8 Å². The number of rotatable bonds is 7. The van der Waals surface area contributed by atoms with E-state index in [1.807, 2.05) is 0 Å². The summed E-state index contributed by atoms with van der Waals surface area (Å²) in [6.45, 7) is 1.61. The maximum absolute atomic E-state index is 11.0. The van der Waals surface area contributed by atoms with Crippen LogP contribution in [0.5, 0.6) is 0 Å². The minimum absolute atomic E-state index is 0. The summed E-state index contributed by atoms with van der Waals surface area (Å²) in [5, 5.41) is 2.07. The smallest absolute Gasteiger partial charge is 0.132 e. The second kappa shape index (κ2) is 8.58. The Labute approximate surface area is 109 Å². The molecule has 1 rings (SSSR count). The van der Waals surface area contributed by atoms with Gasteiger partial charge in [-0.3, -0.25) is 4.79 Å². The van der Waals surface area contributed by atoms with Gasteiger partial charge in [-0.2, -0.15) is 10.5 Å². The van der Waals surface area contributed by atoms with Crippen LogP contribution in [-0.4, -0.2) is 36.1 Å². The molecule has 0 amide bonds. The first kappa shape index (κ1) is 16.5. The molecule has 0 aliphatic carbocycles. The van der Waals surface area contributed by atoms with E-state index in [-0.39, 0.29) is 27.8 Å². The van der Waals surface area contributed by atoms with Crippen LogP contribution in [0.25, 0.3) is 0 Å². The molecule has 17 heavy (non-hydrogen) atoms. The number of ether oxygens (including phenoxy) is 1. The van der Waals surface area contributed by atoms with Crippen LogP contribution in [0.4, 0.5) is 0 Å². The molecule has 0 spiro atoms. The zero-order chi connectivity index (χ0) is 12.0. The van der Waals surface area contributed by atoms with Crippen molar-refractivity contribution in [2.45, 2.75) is 30.1 Å². The summed E-state index contributed by atoms with van der Waals surface area (Å²) in [5.74, 6) is 5.34. The molecule has 0 saturated carbocycles. The van der Waals surface area contributed by atoms with Crippen molar-refractivity contribution in [1.82, 2.24) is 0 Å². The second-order valence-electron chi connectivity index (χ2n) is 3.68. The van der Waals surface area contributed by atoms with Crippen LogP contribution >= 0.6 is 21.8 Å². The number of methoxy groups -OCH3 is 1. The van der Waals surface area contributed by atoms with Crippen LogP contribution < -0.4 is 0 Å². The number of carbonyl (C=O) groups is 1. The predicted octanol–water partition coefficient (Wildman–Crippen LogP) is 2.37. The third kappa shape index (κ3) is 6.12. The quantitative estimate of drug-likeness (QED) is 0.718. The van der Waals surface area contributed by atoms with E-state index in [0.717, 1.165) is 12.2 Å². The molecule has 0 saturated heterocycles. The Hall–Kier alpha value is -0.490. The zero-order valence-corrected chi connectivity index (χ0v) is 11.9. The van der Waals surface area contributed by atoms with Crippen molar-refractivity contribution < 1.29 is 15.0 Å². The number of ketones is 1. The van der Waals surface area contributed by atoms with E-state index < -0.39 is 0 Å². The Bertz CT molecular complexity index is 347. The van der Waals surface area contributed by atoms with Gasteiger partial charge in [0.1, 0.15) is 5.78 Å². The van der Waals surface area contributed by atoms with Crippen molar-refractivity contribution in [2.24, 2.45) is 0 Å². The summed E-state index contributed by atoms with van der Waals surface area (Å²) in [6, 6.07) is 4.17. The van der Waals surface area contributed by atoms with Gasteiger partial charge in [-0.05, 0) is 30.5 Å². The van der Waals surface area contributed by atoms with Gasteiger partial charge in [0.25, 0.3) is 0 Å². The number of hydrogen-bond acceptors (Lipinski definition) is 3. The summed E-state index contributed by atoms with van der Waals surface area (Å²) < 4.78 is 6.62. The van der Waals surface area contributed by atoms with Crippen molar-refractivity contribution >= 4 is 33.5 Å². The summed E-state index contributed by atoms with van der Waals surface area (Å²) in [4.78, 5) is 11.0. The molecule has 0 radical (unpaired) electrons. The lowest BCUT2D eigenvalue weighted by Gasteiger charge is -2.14. The molecule has 5 heteroatoms. The summed E-state index contributed by atoms with van der Waals surface area (Å²) in [7, 11) is 1.70. The highest BCUT2D eigenvalue weighted by molar-refractivity contribution is 8.15. The predicted molar refractivity (Wildman–Crippen MR) is 76.5 cm³/mol. The first-order chi connectivity index (χ1) is 7.63. The van der Waals surface area contributed by atoms with Gasteiger partial charge in [0.15, 0.2) is 0 Å². The lowest BCUT2D eigenvalue weighted by atomic mass is 10.1. The van der Waals surface area contributed by atoms with Gasteiger partial charge in [-0.15, -0.1) is 11.3 Å². The first-order valence-electron chi connectivity index (χ1n) is 5.19. The van der Waals surface area contributed by atoms with Gasteiger partial charge in [0.05, 0.1) is 10.3 Å². The van der Waals surface area contributed by atoms with Crippen LogP contribution in [0.1, 0.15) is 19.8 Å². The fraction of sp³-hybridized carbons (Fsp3) is 0.500. The number of Topliss-reactive ketones (excluding diaryl/α,β-unsaturated/α-hetero) is 1. The normalized spacial score (nSPS) is 13.8. The van der Waals surface area contributed by atoms with Crippen molar-refractivity contribution in [3.8, 4) is 0 Å². The number of carbonyl (C=O) groups excluding carboxylic acids is 1. The molecule has 1 heterocycles. The molecule has 0 bridgehead atoms. The van der Waals surface area contributed by atoms with E-state index >= 15 is 0 Å². The molecule has 3 nitrogen and oxygen atoms in total. The molecular weight excluding hydrogens is 256 g/mol. The molecular formula is C12H20O3S2. The first-order valence-corrected chi connectivity index (χ1v) is 7.64. The van der Waals surface area contributed by atoms with Crippen LogP contribution in [0.3, 0.4) is 0 Å². The Morgan fingerprint density at radius 2 is 2.35 bits per heavy atom. The molecule has 0 aliphatic rings. The highest BCUT2D eigenvalue weighted by atomic mass is 32.2. The van der Waals surface area contributed by atoms with Gasteiger partial charge in [-0.1, -0.05) is 11.9 Å².